The Morgan fingerprint density at radius 2 is 0.482 bits per heavy atom. The molecule has 0 aromatic heterocycles. The zero-order chi connectivity index (χ0) is 59.9. The van der Waals surface area contributed by atoms with Gasteiger partial charge in [-0.15, -0.1) is 0 Å². The van der Waals surface area contributed by atoms with Gasteiger partial charge in [0.05, 0.1) is 0 Å². The van der Waals surface area contributed by atoms with E-state index in [0.29, 0.717) is 19.3 Å². The lowest BCUT2D eigenvalue weighted by atomic mass is 10.0. The highest BCUT2D eigenvalue weighted by atomic mass is 16.6. The summed E-state index contributed by atoms with van der Waals surface area (Å²) in [5.74, 6) is -0.881. The van der Waals surface area contributed by atoms with Crippen LogP contribution in [0.15, 0.2) is 85.1 Å². The van der Waals surface area contributed by atoms with E-state index >= 15 is 0 Å². The zero-order valence-corrected chi connectivity index (χ0v) is 55.2. The van der Waals surface area contributed by atoms with E-state index in [0.717, 1.165) is 116 Å². The molecule has 0 aliphatic carbocycles. The van der Waals surface area contributed by atoms with E-state index < -0.39 is 6.10 Å². The van der Waals surface area contributed by atoms with Crippen LogP contribution in [0.25, 0.3) is 0 Å². The Balaban J connectivity index is 4.29. The molecule has 1 atom stereocenters. The van der Waals surface area contributed by atoms with Gasteiger partial charge in [0.15, 0.2) is 6.10 Å². The molecule has 0 aliphatic heterocycles. The summed E-state index contributed by atoms with van der Waals surface area (Å²) in [4.78, 5) is 38.5. The highest BCUT2D eigenvalue weighted by molar-refractivity contribution is 5.71. The molecule has 480 valence electrons. The minimum atomic E-state index is -0.787. The van der Waals surface area contributed by atoms with Crippen molar-refractivity contribution in [3.8, 4) is 0 Å². The van der Waals surface area contributed by atoms with Crippen LogP contribution in [0.2, 0.25) is 0 Å². The number of ether oxygens (including phenoxy) is 3. The Morgan fingerprint density at radius 3 is 0.771 bits per heavy atom. The standard InChI is InChI=1S/C77H136O6/c1-4-7-10-13-16-19-22-25-28-30-32-34-36-38-40-41-43-45-47-49-52-55-58-61-64-67-70-76(79)82-73-74(72-81-75(78)69-66-63-60-57-54-51-27-24-21-18-15-12-9-6-3)83-77(80)71-68-65-62-59-56-53-50-48-46-44-42-39-37-35-33-31-29-26-23-20-17-14-11-8-5-2/h8,11,15,17-18,20,24,26-27,29,33,35,39,42,74H,4-7,9-10,12-14,16,19,21-23,25,28,30-32,34,36-38,40-41,43-73H2,1-3H3/b11-8-,18-15-,20-17-,27-24-,29-26-,35-33-,42-39-. The Hall–Kier alpha value is -3.41. The average Bonchev–Trinajstić information content (AvgIpc) is 3.49. The summed E-state index contributed by atoms with van der Waals surface area (Å²) in [6.07, 6.45) is 94.7. The Labute approximate surface area is 515 Å². The Kier molecular flexibility index (Phi) is 68.2. The highest BCUT2D eigenvalue weighted by Crippen LogP contribution is 2.18. The monoisotopic (exact) mass is 1160 g/mol. The largest absolute Gasteiger partial charge is 0.462 e. The third kappa shape index (κ3) is 69.3. The van der Waals surface area contributed by atoms with Crippen molar-refractivity contribution in [1.29, 1.82) is 0 Å². The normalized spacial score (nSPS) is 12.6. The van der Waals surface area contributed by atoms with Gasteiger partial charge in [-0.1, -0.05) is 343 Å². The molecule has 0 aliphatic rings. The average molecular weight is 1160 g/mol. The first-order valence-electron chi connectivity index (χ1n) is 36.1. The summed E-state index contributed by atoms with van der Waals surface area (Å²) in [6.45, 7) is 6.53. The summed E-state index contributed by atoms with van der Waals surface area (Å²) >= 11 is 0. The summed E-state index contributed by atoms with van der Waals surface area (Å²) in [5.41, 5.74) is 0. The third-order valence-electron chi connectivity index (χ3n) is 15.9. The van der Waals surface area contributed by atoms with Crippen molar-refractivity contribution < 1.29 is 28.6 Å². The quantitative estimate of drug-likeness (QED) is 0.0261. The molecule has 0 amide bonds. The van der Waals surface area contributed by atoms with E-state index in [1.54, 1.807) is 0 Å². The highest BCUT2D eigenvalue weighted by Gasteiger charge is 2.19. The molecule has 83 heavy (non-hydrogen) atoms. The molecule has 0 bridgehead atoms. The lowest BCUT2D eigenvalue weighted by molar-refractivity contribution is -0.167. The van der Waals surface area contributed by atoms with Crippen LogP contribution in [0.4, 0.5) is 0 Å². The fourth-order valence-electron chi connectivity index (χ4n) is 10.5. The van der Waals surface area contributed by atoms with Gasteiger partial charge >= 0.3 is 17.9 Å². The topological polar surface area (TPSA) is 78.9 Å². The van der Waals surface area contributed by atoms with Crippen molar-refractivity contribution in [3.63, 3.8) is 0 Å². The molecule has 0 rings (SSSR count). The number of rotatable bonds is 66. The van der Waals surface area contributed by atoms with Gasteiger partial charge in [0, 0.05) is 19.3 Å². The summed E-state index contributed by atoms with van der Waals surface area (Å²) in [7, 11) is 0. The van der Waals surface area contributed by atoms with Gasteiger partial charge in [0.1, 0.15) is 13.2 Å². The predicted octanol–water partition coefficient (Wildman–Crippen LogP) is 25.0. The molecule has 6 heteroatoms. The van der Waals surface area contributed by atoms with Gasteiger partial charge in [-0.2, -0.15) is 0 Å². The second-order valence-corrected chi connectivity index (χ2v) is 24.1. The van der Waals surface area contributed by atoms with Crippen LogP contribution in [0.1, 0.15) is 367 Å². The summed E-state index contributed by atoms with van der Waals surface area (Å²) in [5, 5.41) is 0. The van der Waals surface area contributed by atoms with Crippen molar-refractivity contribution in [2.75, 3.05) is 13.2 Å². The van der Waals surface area contributed by atoms with Crippen LogP contribution < -0.4 is 0 Å². The maximum Gasteiger partial charge on any atom is 0.306 e. The molecule has 0 saturated heterocycles. The van der Waals surface area contributed by atoms with Gasteiger partial charge in [0.2, 0.25) is 0 Å². The number of unbranched alkanes of at least 4 members (excludes halogenated alkanes) is 41. The molecule has 0 radical (unpaired) electrons. The molecule has 0 saturated carbocycles. The molecule has 1 unspecified atom stereocenters. The SMILES string of the molecule is CC/C=C\C/C=C\C/C=C\C/C=C\C/C=C\CCCCCCCCCCCC(=O)OC(COC(=O)CCCCCCC/C=C\C/C=C\CCCC)COC(=O)CCCCCCCCCCCCCCCCCCCCCCCCCCCC. The molecule has 6 nitrogen and oxygen atoms in total. The fraction of sp³-hybridized carbons (Fsp3) is 0.779. The van der Waals surface area contributed by atoms with E-state index in [1.165, 1.54) is 212 Å². The first-order valence-corrected chi connectivity index (χ1v) is 36.1. The lowest BCUT2D eigenvalue weighted by Crippen LogP contribution is -2.30. The molecular weight excluding hydrogens is 1020 g/mol. The summed E-state index contributed by atoms with van der Waals surface area (Å²) in [6, 6.07) is 0. The number of esters is 3. The van der Waals surface area contributed by atoms with E-state index in [1.807, 2.05) is 0 Å². The fourth-order valence-corrected chi connectivity index (χ4v) is 10.5. The van der Waals surface area contributed by atoms with Crippen LogP contribution in [0.5, 0.6) is 0 Å². The van der Waals surface area contributed by atoms with Crippen LogP contribution in [0.3, 0.4) is 0 Å². The number of carbonyl (C=O) groups is 3. The van der Waals surface area contributed by atoms with Crippen LogP contribution in [-0.4, -0.2) is 37.2 Å². The Bertz CT molecular complexity index is 1570. The lowest BCUT2D eigenvalue weighted by Gasteiger charge is -2.18. The second-order valence-electron chi connectivity index (χ2n) is 24.1. The van der Waals surface area contributed by atoms with Crippen LogP contribution >= 0.6 is 0 Å². The molecule has 0 N–H and O–H groups in total. The third-order valence-corrected chi connectivity index (χ3v) is 15.9. The second kappa shape index (κ2) is 71.1. The number of allylic oxidation sites excluding steroid dienone is 14. The number of hydrogen-bond donors (Lipinski definition) is 0. The molecule has 0 aromatic carbocycles. The molecule has 0 aromatic rings. The molecule has 0 fully saturated rings. The van der Waals surface area contributed by atoms with Crippen molar-refractivity contribution in [1.82, 2.24) is 0 Å². The van der Waals surface area contributed by atoms with Crippen LogP contribution in [0, 0.1) is 0 Å². The van der Waals surface area contributed by atoms with E-state index in [2.05, 4.69) is 106 Å². The molecule has 0 spiro atoms. The smallest absolute Gasteiger partial charge is 0.306 e. The van der Waals surface area contributed by atoms with Crippen LogP contribution in [-0.2, 0) is 28.6 Å². The van der Waals surface area contributed by atoms with Crippen molar-refractivity contribution >= 4 is 17.9 Å². The molecule has 0 heterocycles. The number of hydrogen-bond acceptors (Lipinski definition) is 6. The Morgan fingerprint density at radius 1 is 0.253 bits per heavy atom. The number of carbonyl (C=O) groups excluding carboxylic acids is 3. The maximum atomic E-state index is 13.0. The minimum Gasteiger partial charge on any atom is -0.462 e. The van der Waals surface area contributed by atoms with E-state index in [-0.39, 0.29) is 31.1 Å². The van der Waals surface area contributed by atoms with Gasteiger partial charge in [-0.3, -0.25) is 14.4 Å². The van der Waals surface area contributed by atoms with Gasteiger partial charge in [-0.05, 0) is 89.9 Å². The first-order chi connectivity index (χ1) is 41.0. The van der Waals surface area contributed by atoms with Crippen molar-refractivity contribution in [2.24, 2.45) is 0 Å². The van der Waals surface area contributed by atoms with Gasteiger partial charge in [-0.25, -0.2) is 0 Å². The summed E-state index contributed by atoms with van der Waals surface area (Å²) < 4.78 is 17.0. The van der Waals surface area contributed by atoms with Gasteiger partial charge < -0.3 is 14.2 Å². The van der Waals surface area contributed by atoms with E-state index in [9.17, 15) is 14.4 Å². The maximum absolute atomic E-state index is 13.0. The molecular formula is C77H136O6. The van der Waals surface area contributed by atoms with Gasteiger partial charge in [0.25, 0.3) is 0 Å². The predicted molar refractivity (Wildman–Crippen MR) is 362 cm³/mol. The van der Waals surface area contributed by atoms with Crippen molar-refractivity contribution in [2.45, 2.75) is 374 Å². The minimum absolute atomic E-state index is 0.0801. The first kappa shape index (κ1) is 79.6. The van der Waals surface area contributed by atoms with Crippen molar-refractivity contribution in [3.05, 3.63) is 85.1 Å². The zero-order valence-electron chi connectivity index (χ0n) is 55.2. The van der Waals surface area contributed by atoms with E-state index in [4.69, 9.17) is 14.2 Å².